The summed E-state index contributed by atoms with van der Waals surface area (Å²) < 4.78 is 2.28. The largest absolute Gasteiger partial charge is 0.389 e. The van der Waals surface area contributed by atoms with E-state index in [-0.39, 0.29) is 0 Å². The molecule has 0 bridgehead atoms. The first kappa shape index (κ1) is 13.1. The predicted octanol–water partition coefficient (Wildman–Crippen LogP) is 2.25. The van der Waals surface area contributed by atoms with Crippen LogP contribution in [-0.4, -0.2) is 26.8 Å². The van der Waals surface area contributed by atoms with Gasteiger partial charge in [0.25, 0.3) is 0 Å². The van der Waals surface area contributed by atoms with Crippen molar-refractivity contribution in [2.75, 3.05) is 6.54 Å². The van der Waals surface area contributed by atoms with Gasteiger partial charge in [0.2, 0.25) is 0 Å². The first-order valence-corrected chi connectivity index (χ1v) is 7.60. The van der Waals surface area contributed by atoms with Gasteiger partial charge in [0.05, 0.1) is 17.6 Å². The highest BCUT2D eigenvalue weighted by molar-refractivity contribution is 5.03. The molecule has 2 N–H and O–H groups in total. The summed E-state index contributed by atoms with van der Waals surface area (Å²) in [6.45, 7) is 3.80. The molecule has 1 aromatic rings. The third kappa shape index (κ3) is 3.18. The van der Waals surface area contributed by atoms with Crippen molar-refractivity contribution in [3.63, 3.8) is 0 Å². The molecule has 4 heteroatoms. The fourth-order valence-electron chi connectivity index (χ4n) is 3.05. The lowest BCUT2D eigenvalue weighted by molar-refractivity contribution is -0.00639. The van der Waals surface area contributed by atoms with Crippen LogP contribution in [0.5, 0.6) is 0 Å². The quantitative estimate of drug-likeness (QED) is 0.856. The number of aromatic nitrogens is 2. The molecule has 1 heterocycles. The smallest absolute Gasteiger partial charge is 0.0951 e. The van der Waals surface area contributed by atoms with Crippen LogP contribution in [0, 0.1) is 5.92 Å². The van der Waals surface area contributed by atoms with Crippen molar-refractivity contribution in [1.29, 1.82) is 0 Å². The maximum atomic E-state index is 10.5. The van der Waals surface area contributed by atoms with Gasteiger partial charge >= 0.3 is 0 Å². The third-order valence-corrected chi connectivity index (χ3v) is 4.65. The van der Waals surface area contributed by atoms with E-state index in [4.69, 9.17) is 0 Å². The van der Waals surface area contributed by atoms with E-state index >= 15 is 0 Å². The molecule has 0 spiro atoms. The molecule has 106 valence electrons. The lowest BCUT2D eigenvalue weighted by atomic mass is 9.79. The van der Waals surface area contributed by atoms with Crippen LogP contribution in [0.1, 0.15) is 57.2 Å². The number of nitrogens with zero attached hydrogens (tertiary/aromatic N) is 2. The van der Waals surface area contributed by atoms with Gasteiger partial charge in [0, 0.05) is 25.3 Å². The van der Waals surface area contributed by atoms with Crippen molar-refractivity contribution in [3.05, 3.63) is 18.2 Å². The van der Waals surface area contributed by atoms with Crippen LogP contribution in [0.25, 0.3) is 0 Å². The average Bonchev–Trinajstić information content (AvgIpc) is 3.14. The van der Waals surface area contributed by atoms with Crippen LogP contribution >= 0.6 is 0 Å². The predicted molar refractivity (Wildman–Crippen MR) is 74.8 cm³/mol. The van der Waals surface area contributed by atoms with E-state index < -0.39 is 5.60 Å². The van der Waals surface area contributed by atoms with Crippen LogP contribution in [0.15, 0.2) is 12.5 Å². The number of hydrogen-bond donors (Lipinski definition) is 2. The van der Waals surface area contributed by atoms with Gasteiger partial charge in [-0.15, -0.1) is 0 Å². The van der Waals surface area contributed by atoms with Crippen molar-refractivity contribution < 1.29 is 5.11 Å². The summed E-state index contributed by atoms with van der Waals surface area (Å²) in [6, 6.07) is 0.679. The van der Waals surface area contributed by atoms with Gasteiger partial charge in [-0.05, 0) is 44.4 Å². The van der Waals surface area contributed by atoms with E-state index in [1.165, 1.54) is 18.5 Å². The summed E-state index contributed by atoms with van der Waals surface area (Å²) in [5.41, 5.74) is 0.756. The topological polar surface area (TPSA) is 50.1 Å². The summed E-state index contributed by atoms with van der Waals surface area (Å²) in [5, 5.41) is 13.9. The fraction of sp³-hybridized carbons (Fsp3) is 0.800. The number of aliphatic hydroxyl groups is 1. The van der Waals surface area contributed by atoms with Gasteiger partial charge in [-0.1, -0.05) is 6.92 Å². The van der Waals surface area contributed by atoms with E-state index in [2.05, 4.69) is 21.8 Å². The molecule has 1 aromatic heterocycles. The SMILES string of the molecule is CC1CCC(O)(CNCc2cncn2C2CC2)CC1. The first-order chi connectivity index (χ1) is 9.16. The lowest BCUT2D eigenvalue weighted by Crippen LogP contribution is -2.43. The Hall–Kier alpha value is -0.870. The normalized spacial score (nSPS) is 31.6. The zero-order valence-electron chi connectivity index (χ0n) is 11.8. The molecule has 19 heavy (non-hydrogen) atoms. The van der Waals surface area contributed by atoms with Crippen molar-refractivity contribution in [2.24, 2.45) is 5.92 Å². The molecule has 0 amide bonds. The molecule has 2 saturated carbocycles. The zero-order chi connectivity index (χ0) is 13.3. The Morgan fingerprint density at radius 3 is 2.79 bits per heavy atom. The number of rotatable bonds is 5. The van der Waals surface area contributed by atoms with Gasteiger partial charge in [-0.25, -0.2) is 4.98 Å². The molecular formula is C15H25N3O. The molecule has 2 fully saturated rings. The van der Waals surface area contributed by atoms with Crippen LogP contribution in [0.2, 0.25) is 0 Å². The second kappa shape index (κ2) is 5.25. The minimum Gasteiger partial charge on any atom is -0.389 e. The van der Waals surface area contributed by atoms with E-state index in [9.17, 15) is 5.11 Å². The number of nitrogens with one attached hydrogen (secondary N) is 1. The Bertz CT molecular complexity index is 417. The third-order valence-electron chi connectivity index (χ3n) is 4.65. The number of imidazole rings is 1. The average molecular weight is 263 g/mol. The Morgan fingerprint density at radius 1 is 1.37 bits per heavy atom. The molecule has 0 saturated heterocycles. The van der Waals surface area contributed by atoms with Crippen LogP contribution in [0.4, 0.5) is 0 Å². The van der Waals surface area contributed by atoms with E-state index in [1.807, 2.05) is 12.5 Å². The Balaban J connectivity index is 1.48. The van der Waals surface area contributed by atoms with Crippen LogP contribution in [0.3, 0.4) is 0 Å². The van der Waals surface area contributed by atoms with Gasteiger partial charge in [-0.3, -0.25) is 0 Å². The summed E-state index contributed by atoms with van der Waals surface area (Å²) in [6.07, 6.45) is 10.6. The Labute approximate surface area is 115 Å². The second-order valence-electron chi connectivity index (χ2n) is 6.53. The molecule has 0 aromatic carbocycles. The Morgan fingerprint density at radius 2 is 2.11 bits per heavy atom. The minimum absolute atomic E-state index is 0.489. The minimum atomic E-state index is -0.489. The first-order valence-electron chi connectivity index (χ1n) is 7.60. The standard InChI is InChI=1S/C15H25N3O/c1-12-4-6-15(19,7-5-12)10-16-8-14-9-17-11-18(14)13-2-3-13/h9,11-13,16,19H,2-8,10H2,1H3. The molecule has 4 nitrogen and oxygen atoms in total. The highest BCUT2D eigenvalue weighted by Crippen LogP contribution is 2.35. The van der Waals surface area contributed by atoms with Crippen LogP contribution in [-0.2, 0) is 6.54 Å². The van der Waals surface area contributed by atoms with Gasteiger partial charge in [0.15, 0.2) is 0 Å². The zero-order valence-corrected chi connectivity index (χ0v) is 11.8. The molecule has 2 aliphatic rings. The highest BCUT2D eigenvalue weighted by Gasteiger charge is 2.31. The summed E-state index contributed by atoms with van der Waals surface area (Å²) in [7, 11) is 0. The van der Waals surface area contributed by atoms with Crippen molar-refractivity contribution in [2.45, 2.75) is 63.6 Å². The molecule has 3 rings (SSSR count). The second-order valence-corrected chi connectivity index (χ2v) is 6.53. The maximum absolute atomic E-state index is 10.5. The van der Waals surface area contributed by atoms with E-state index in [0.717, 1.165) is 38.1 Å². The monoisotopic (exact) mass is 263 g/mol. The van der Waals surface area contributed by atoms with Gasteiger partial charge in [-0.2, -0.15) is 0 Å². The summed E-state index contributed by atoms with van der Waals surface area (Å²) in [4.78, 5) is 4.24. The Kier molecular flexibility index (Phi) is 3.63. The van der Waals surface area contributed by atoms with Crippen molar-refractivity contribution in [1.82, 2.24) is 14.9 Å². The van der Waals surface area contributed by atoms with E-state index in [1.54, 1.807) is 0 Å². The molecule has 0 radical (unpaired) electrons. The van der Waals surface area contributed by atoms with Gasteiger partial charge in [0.1, 0.15) is 0 Å². The molecule has 0 atom stereocenters. The van der Waals surface area contributed by atoms with Crippen LogP contribution < -0.4 is 5.32 Å². The van der Waals surface area contributed by atoms with Crippen molar-refractivity contribution >= 4 is 0 Å². The fourth-order valence-corrected chi connectivity index (χ4v) is 3.05. The molecular weight excluding hydrogens is 238 g/mol. The highest BCUT2D eigenvalue weighted by atomic mass is 16.3. The lowest BCUT2D eigenvalue weighted by Gasteiger charge is -2.35. The molecule has 2 aliphatic carbocycles. The van der Waals surface area contributed by atoms with Crippen molar-refractivity contribution in [3.8, 4) is 0 Å². The number of hydrogen-bond acceptors (Lipinski definition) is 3. The summed E-state index contributed by atoms with van der Waals surface area (Å²) >= 11 is 0. The maximum Gasteiger partial charge on any atom is 0.0951 e. The summed E-state index contributed by atoms with van der Waals surface area (Å²) in [5.74, 6) is 0.775. The molecule has 0 aliphatic heterocycles. The van der Waals surface area contributed by atoms with E-state index in [0.29, 0.717) is 12.6 Å². The molecule has 0 unspecified atom stereocenters. The van der Waals surface area contributed by atoms with Gasteiger partial charge < -0.3 is 15.0 Å².